The van der Waals surface area contributed by atoms with Crippen LogP contribution in [0.3, 0.4) is 0 Å². The summed E-state index contributed by atoms with van der Waals surface area (Å²) in [5.41, 5.74) is 2.66. The highest BCUT2D eigenvalue weighted by Crippen LogP contribution is 2.46. The molecule has 39 heavy (non-hydrogen) atoms. The molecule has 1 aromatic carbocycles. The van der Waals surface area contributed by atoms with Gasteiger partial charge in [-0.05, 0) is 93.2 Å². The number of hydrogen-bond donors (Lipinski definition) is 1. The predicted molar refractivity (Wildman–Crippen MR) is 152 cm³/mol. The molecule has 1 N–H and O–H groups in total. The van der Waals surface area contributed by atoms with Crippen molar-refractivity contribution in [1.82, 2.24) is 20.0 Å². The van der Waals surface area contributed by atoms with E-state index >= 15 is 0 Å². The lowest BCUT2D eigenvalue weighted by Gasteiger charge is -2.47. The highest BCUT2D eigenvalue weighted by atomic mass is 16.2. The van der Waals surface area contributed by atoms with Gasteiger partial charge in [-0.25, -0.2) is 4.79 Å². The van der Waals surface area contributed by atoms with E-state index in [1.807, 2.05) is 30.0 Å². The predicted octanol–water partition coefficient (Wildman–Crippen LogP) is 3.88. The first-order valence-corrected chi connectivity index (χ1v) is 15.3. The Labute approximate surface area is 233 Å². The Kier molecular flexibility index (Phi) is 7.68. The van der Waals surface area contributed by atoms with Crippen molar-refractivity contribution >= 4 is 23.5 Å². The maximum Gasteiger partial charge on any atom is 0.328 e. The number of imide groups is 1. The topological polar surface area (TPSA) is 76.2 Å². The number of carbonyl (C=O) groups is 3. The zero-order valence-corrected chi connectivity index (χ0v) is 23.6. The smallest absolute Gasteiger partial charge is 0.328 e. The number of rotatable bonds is 6. The second kappa shape index (κ2) is 11.2. The van der Waals surface area contributed by atoms with Gasteiger partial charge in [0, 0.05) is 76.6 Å². The molecule has 0 atom stereocenters. The first-order valence-electron chi connectivity index (χ1n) is 15.3. The average Bonchev–Trinajstić information content (AvgIpc) is 3.76. The van der Waals surface area contributed by atoms with Crippen molar-refractivity contribution in [3.63, 3.8) is 0 Å². The van der Waals surface area contributed by atoms with Gasteiger partial charge in [-0.15, -0.1) is 0 Å². The van der Waals surface area contributed by atoms with Crippen LogP contribution >= 0.6 is 0 Å². The Morgan fingerprint density at radius 1 is 0.846 bits per heavy atom. The monoisotopic (exact) mass is 535 g/mol. The molecule has 8 heteroatoms. The van der Waals surface area contributed by atoms with Crippen LogP contribution in [0.15, 0.2) is 18.2 Å². The number of carbonyl (C=O) groups excluding carboxylic acids is 3. The lowest BCUT2D eigenvalue weighted by Crippen LogP contribution is -2.50. The van der Waals surface area contributed by atoms with Crippen molar-refractivity contribution in [2.24, 2.45) is 17.3 Å². The molecule has 2 aliphatic carbocycles. The second-order valence-corrected chi connectivity index (χ2v) is 13.0. The van der Waals surface area contributed by atoms with E-state index in [-0.39, 0.29) is 18.2 Å². The molecule has 2 saturated carbocycles. The number of likely N-dealkylation sites (tertiary alicyclic amines) is 1. The number of urea groups is 1. The van der Waals surface area contributed by atoms with Gasteiger partial charge in [-0.2, -0.15) is 0 Å². The third-order valence-electron chi connectivity index (χ3n) is 10.3. The summed E-state index contributed by atoms with van der Waals surface area (Å²) in [6.07, 6.45) is 10.6. The first-order chi connectivity index (χ1) is 18.9. The van der Waals surface area contributed by atoms with Crippen LogP contribution in [0, 0.1) is 24.2 Å². The van der Waals surface area contributed by atoms with Crippen LogP contribution in [-0.2, 0) is 4.79 Å². The van der Waals surface area contributed by atoms with Gasteiger partial charge in [0.25, 0.3) is 5.91 Å². The fourth-order valence-electron chi connectivity index (χ4n) is 7.35. The molecule has 0 radical (unpaired) electrons. The van der Waals surface area contributed by atoms with E-state index in [2.05, 4.69) is 15.1 Å². The van der Waals surface area contributed by atoms with Crippen LogP contribution in [0.4, 0.5) is 10.5 Å². The molecule has 4 amide bonds. The number of piperidine rings is 1. The van der Waals surface area contributed by atoms with Crippen LogP contribution in [0.25, 0.3) is 0 Å². The number of nitrogens with one attached hydrogen (secondary N) is 1. The van der Waals surface area contributed by atoms with E-state index in [1.54, 1.807) is 4.90 Å². The van der Waals surface area contributed by atoms with Crippen molar-refractivity contribution in [3.8, 4) is 0 Å². The molecule has 0 unspecified atom stereocenters. The number of piperazine rings is 1. The van der Waals surface area contributed by atoms with Crippen LogP contribution in [-0.4, -0.2) is 91.4 Å². The highest BCUT2D eigenvalue weighted by Gasteiger charge is 2.40. The molecule has 1 spiro atoms. The molecule has 3 heterocycles. The summed E-state index contributed by atoms with van der Waals surface area (Å²) in [6, 6.07) is 5.20. The van der Waals surface area contributed by atoms with E-state index in [1.165, 1.54) is 77.8 Å². The molecule has 1 aromatic rings. The van der Waals surface area contributed by atoms with Crippen molar-refractivity contribution in [2.75, 3.05) is 63.8 Å². The summed E-state index contributed by atoms with van der Waals surface area (Å²) in [6.45, 7) is 11.5. The molecular formula is C31H45N5O3. The molecule has 3 saturated heterocycles. The Morgan fingerprint density at radius 3 is 2.05 bits per heavy atom. The minimum absolute atomic E-state index is 0.0501. The molecular weight excluding hydrogens is 490 g/mol. The zero-order valence-electron chi connectivity index (χ0n) is 23.6. The van der Waals surface area contributed by atoms with E-state index < -0.39 is 6.03 Å². The largest absolute Gasteiger partial charge is 0.339 e. The maximum absolute atomic E-state index is 13.5. The Bertz CT molecular complexity index is 1080. The van der Waals surface area contributed by atoms with E-state index in [0.29, 0.717) is 23.2 Å². The van der Waals surface area contributed by atoms with Gasteiger partial charge in [0.15, 0.2) is 0 Å². The number of benzene rings is 1. The number of anilines is 1. The summed E-state index contributed by atoms with van der Waals surface area (Å²) in [4.78, 5) is 46.4. The van der Waals surface area contributed by atoms with Gasteiger partial charge in [0.05, 0.1) is 0 Å². The zero-order chi connectivity index (χ0) is 27.0. The lowest BCUT2D eigenvalue weighted by molar-refractivity contribution is -0.120. The molecule has 212 valence electrons. The molecule has 6 rings (SSSR count). The fourth-order valence-corrected chi connectivity index (χ4v) is 7.35. The van der Waals surface area contributed by atoms with E-state index in [0.717, 1.165) is 43.3 Å². The summed E-state index contributed by atoms with van der Waals surface area (Å²) in [5.74, 6) is 1.63. The van der Waals surface area contributed by atoms with Gasteiger partial charge in [0.2, 0.25) is 5.91 Å². The molecule has 8 nitrogen and oxygen atoms in total. The Balaban J connectivity index is 0.978. The first kappa shape index (κ1) is 26.8. The summed E-state index contributed by atoms with van der Waals surface area (Å²) >= 11 is 0. The molecule has 0 aromatic heterocycles. The minimum Gasteiger partial charge on any atom is -0.339 e. The average molecular weight is 536 g/mol. The van der Waals surface area contributed by atoms with Crippen molar-refractivity contribution < 1.29 is 14.4 Å². The molecule has 5 aliphatic rings. The number of amides is 4. The van der Waals surface area contributed by atoms with Gasteiger partial charge >= 0.3 is 6.03 Å². The van der Waals surface area contributed by atoms with Crippen molar-refractivity contribution in [3.05, 3.63) is 29.3 Å². The normalized spacial score (nSPS) is 25.3. The number of hydrogen-bond acceptors (Lipinski definition) is 5. The van der Waals surface area contributed by atoms with Crippen LogP contribution < -0.4 is 10.2 Å². The standard InChI is InChI=1S/C31H45N5O3/c1-23-2-5-26(20-27(23)36-13-8-28(37)32-30(36)39)29(38)35-14-11-31(12-15-35)9-6-25(7-10-31)22-34-18-16-33(17-19-34)21-24-3-4-24/h2,5,20,24-25H,3-4,6-19,21-22H2,1H3,(H,32,37,39). The lowest BCUT2D eigenvalue weighted by atomic mass is 9.65. The quantitative estimate of drug-likeness (QED) is 0.598. The molecule has 3 aliphatic heterocycles. The van der Waals surface area contributed by atoms with E-state index in [9.17, 15) is 14.4 Å². The minimum atomic E-state index is -0.412. The van der Waals surface area contributed by atoms with E-state index in [4.69, 9.17) is 0 Å². The number of aryl methyl sites for hydroxylation is 1. The number of nitrogens with zero attached hydrogens (tertiary/aromatic N) is 4. The highest BCUT2D eigenvalue weighted by molar-refractivity contribution is 6.06. The third-order valence-corrected chi connectivity index (χ3v) is 10.3. The molecule has 5 fully saturated rings. The second-order valence-electron chi connectivity index (χ2n) is 13.0. The summed E-state index contributed by atoms with van der Waals surface area (Å²) in [7, 11) is 0. The molecule has 0 bridgehead atoms. The summed E-state index contributed by atoms with van der Waals surface area (Å²) < 4.78 is 0. The van der Waals surface area contributed by atoms with Crippen LogP contribution in [0.5, 0.6) is 0 Å². The third kappa shape index (κ3) is 6.17. The SMILES string of the molecule is Cc1ccc(C(=O)N2CCC3(CCC(CN4CCN(CC5CC5)CC4)CC3)CC2)cc1N1CCC(=O)NC1=O. The Hall–Kier alpha value is -2.45. The summed E-state index contributed by atoms with van der Waals surface area (Å²) in [5, 5.41) is 2.38. The van der Waals surface area contributed by atoms with Gasteiger partial charge < -0.3 is 14.7 Å². The van der Waals surface area contributed by atoms with Crippen molar-refractivity contribution in [2.45, 2.75) is 64.7 Å². The van der Waals surface area contributed by atoms with Crippen LogP contribution in [0.1, 0.15) is 73.7 Å². The van der Waals surface area contributed by atoms with Gasteiger partial charge in [0.1, 0.15) is 0 Å². The van der Waals surface area contributed by atoms with Gasteiger partial charge in [-0.1, -0.05) is 6.07 Å². The van der Waals surface area contributed by atoms with Crippen LogP contribution in [0.2, 0.25) is 0 Å². The Morgan fingerprint density at radius 2 is 1.46 bits per heavy atom. The fraction of sp³-hybridized carbons (Fsp3) is 0.710. The van der Waals surface area contributed by atoms with Gasteiger partial charge in [-0.3, -0.25) is 19.8 Å². The maximum atomic E-state index is 13.5. The van der Waals surface area contributed by atoms with Crippen molar-refractivity contribution in [1.29, 1.82) is 0 Å².